The smallest absolute Gasteiger partial charge is 0.325 e. The minimum atomic E-state index is -1.23. The molecule has 0 radical (unpaired) electrons. The van der Waals surface area contributed by atoms with E-state index in [2.05, 4.69) is 10.3 Å². The summed E-state index contributed by atoms with van der Waals surface area (Å²) in [5, 5.41) is 4.98. The van der Waals surface area contributed by atoms with Gasteiger partial charge in [0.05, 0.1) is 0 Å². The molecule has 2 fully saturated rings. The van der Waals surface area contributed by atoms with Crippen molar-refractivity contribution < 1.29 is 19.2 Å². The van der Waals surface area contributed by atoms with E-state index in [0.29, 0.717) is 50.9 Å². The highest BCUT2D eigenvalue weighted by atomic mass is 32.1. The lowest BCUT2D eigenvalue weighted by Crippen LogP contribution is -2.55. The van der Waals surface area contributed by atoms with Crippen LogP contribution in [0.25, 0.3) is 0 Å². The van der Waals surface area contributed by atoms with Crippen LogP contribution >= 0.6 is 11.3 Å². The largest absolute Gasteiger partial charge is 0.336 e. The topological polar surface area (TPSA) is 99.7 Å². The summed E-state index contributed by atoms with van der Waals surface area (Å²) in [6.45, 7) is 4.69. The van der Waals surface area contributed by atoms with Crippen LogP contribution in [0.4, 0.5) is 4.79 Å². The summed E-state index contributed by atoms with van der Waals surface area (Å²) in [4.78, 5) is 60.1. The van der Waals surface area contributed by atoms with Crippen molar-refractivity contribution in [3.05, 3.63) is 52.5 Å². The molecule has 2 aromatic heterocycles. The predicted octanol–water partition coefficient (Wildman–Crippen LogP) is 2.99. The lowest BCUT2D eigenvalue weighted by molar-refractivity contribution is -0.148. The standard InChI is InChI=1S/C25H30N4O4S/c1-3-17(2)21(30)22(31)28-12-8-18(9-13-28)25(19-6-4-11-26-16-19)23(32)29(24(33)27-25)14-10-20-7-5-15-34-20/h4-7,11,15-18H,3,8-10,12-14H2,1-2H3,(H,27,33). The average molecular weight is 483 g/mol. The van der Waals surface area contributed by atoms with Gasteiger partial charge in [-0.15, -0.1) is 11.3 Å². The number of ketones is 1. The second kappa shape index (κ2) is 10.0. The van der Waals surface area contributed by atoms with Crippen molar-refractivity contribution in [1.82, 2.24) is 20.1 Å². The molecule has 1 N–H and O–H groups in total. The van der Waals surface area contributed by atoms with Crippen molar-refractivity contribution in [2.45, 2.75) is 45.1 Å². The third-order valence-corrected chi connectivity index (χ3v) is 8.01. The first-order valence-corrected chi connectivity index (χ1v) is 12.7. The van der Waals surface area contributed by atoms with E-state index in [1.165, 1.54) is 4.90 Å². The third kappa shape index (κ3) is 4.36. The highest BCUT2D eigenvalue weighted by Gasteiger charge is 2.57. The number of pyridine rings is 1. The van der Waals surface area contributed by atoms with Crippen LogP contribution in [0.15, 0.2) is 42.0 Å². The molecule has 0 aromatic carbocycles. The minimum Gasteiger partial charge on any atom is -0.336 e. The maximum Gasteiger partial charge on any atom is 0.325 e. The first-order valence-electron chi connectivity index (χ1n) is 11.8. The molecular weight excluding hydrogens is 452 g/mol. The average Bonchev–Trinajstić information content (AvgIpc) is 3.48. The van der Waals surface area contributed by atoms with Crippen molar-refractivity contribution in [3.8, 4) is 0 Å². The Bertz CT molecular complexity index is 1050. The normalized spacial score (nSPS) is 22.1. The zero-order chi connectivity index (χ0) is 24.3. The first kappa shape index (κ1) is 24.1. The van der Waals surface area contributed by atoms with E-state index < -0.39 is 17.5 Å². The van der Waals surface area contributed by atoms with Gasteiger partial charge in [0, 0.05) is 48.4 Å². The van der Waals surface area contributed by atoms with Crippen LogP contribution in [0, 0.1) is 11.8 Å². The van der Waals surface area contributed by atoms with Gasteiger partial charge < -0.3 is 10.2 Å². The lowest BCUT2D eigenvalue weighted by atomic mass is 9.73. The highest BCUT2D eigenvalue weighted by molar-refractivity contribution is 7.09. The van der Waals surface area contributed by atoms with Crippen LogP contribution in [0.2, 0.25) is 0 Å². The molecule has 34 heavy (non-hydrogen) atoms. The molecule has 0 saturated carbocycles. The van der Waals surface area contributed by atoms with E-state index in [0.717, 1.165) is 4.88 Å². The van der Waals surface area contributed by atoms with E-state index in [1.807, 2.05) is 30.5 Å². The molecule has 0 bridgehead atoms. The Morgan fingerprint density at radius 2 is 2.00 bits per heavy atom. The molecule has 4 amide bonds. The molecule has 2 unspecified atom stereocenters. The van der Waals surface area contributed by atoms with Gasteiger partial charge in [-0.25, -0.2) is 4.79 Å². The number of urea groups is 1. The lowest BCUT2D eigenvalue weighted by Gasteiger charge is -2.41. The molecule has 8 nitrogen and oxygen atoms in total. The van der Waals surface area contributed by atoms with Crippen LogP contribution in [-0.2, 0) is 26.3 Å². The summed E-state index contributed by atoms with van der Waals surface area (Å²) < 4.78 is 0. The van der Waals surface area contributed by atoms with Crippen LogP contribution < -0.4 is 5.32 Å². The van der Waals surface area contributed by atoms with Gasteiger partial charge in [0.25, 0.3) is 11.8 Å². The number of hydrogen-bond acceptors (Lipinski definition) is 6. The number of rotatable bonds is 8. The van der Waals surface area contributed by atoms with Crippen LogP contribution in [0.5, 0.6) is 0 Å². The van der Waals surface area contributed by atoms with Gasteiger partial charge in [-0.1, -0.05) is 26.0 Å². The Hall–Kier alpha value is -3.07. The Kier molecular flexibility index (Phi) is 7.11. The molecule has 180 valence electrons. The molecule has 4 heterocycles. The second-order valence-electron chi connectivity index (χ2n) is 9.01. The van der Waals surface area contributed by atoms with E-state index in [1.54, 1.807) is 41.6 Å². The summed E-state index contributed by atoms with van der Waals surface area (Å²) in [5.41, 5.74) is -0.580. The molecule has 0 aliphatic carbocycles. The van der Waals surface area contributed by atoms with Crippen molar-refractivity contribution in [2.75, 3.05) is 19.6 Å². The Morgan fingerprint density at radius 1 is 1.24 bits per heavy atom. The number of carbonyl (C=O) groups is 4. The number of hydrogen-bond donors (Lipinski definition) is 1. The van der Waals surface area contributed by atoms with Gasteiger partial charge in [-0.3, -0.25) is 24.3 Å². The van der Waals surface area contributed by atoms with Gasteiger partial charge in [0.2, 0.25) is 5.78 Å². The Balaban J connectivity index is 1.55. The number of likely N-dealkylation sites (tertiary alicyclic amines) is 1. The molecule has 0 spiro atoms. The van der Waals surface area contributed by atoms with E-state index in [4.69, 9.17) is 0 Å². The molecule has 2 atom stereocenters. The minimum absolute atomic E-state index is 0.220. The molecular formula is C25H30N4O4S. The number of imide groups is 1. The SMILES string of the molecule is CCC(C)C(=O)C(=O)N1CCC(C2(c3cccnc3)NC(=O)N(CCc3cccs3)C2=O)CC1. The number of thiophene rings is 1. The monoisotopic (exact) mass is 482 g/mol. The van der Waals surface area contributed by atoms with E-state index >= 15 is 0 Å². The van der Waals surface area contributed by atoms with Crippen LogP contribution in [-0.4, -0.2) is 58.0 Å². The molecule has 2 saturated heterocycles. The summed E-state index contributed by atoms with van der Waals surface area (Å²) in [6.07, 6.45) is 5.48. The van der Waals surface area contributed by atoms with E-state index in [9.17, 15) is 19.2 Å². The molecule has 4 rings (SSSR count). The summed E-state index contributed by atoms with van der Waals surface area (Å²) in [5.74, 6) is -1.62. The Labute approximate surface area is 203 Å². The number of carbonyl (C=O) groups excluding carboxylic acids is 4. The van der Waals surface area contributed by atoms with Gasteiger partial charge in [0.15, 0.2) is 5.54 Å². The summed E-state index contributed by atoms with van der Waals surface area (Å²) in [7, 11) is 0. The van der Waals surface area contributed by atoms with E-state index in [-0.39, 0.29) is 23.5 Å². The number of Topliss-reactive ketones (excluding diaryl/α,β-unsaturated/α-hetero) is 1. The fourth-order valence-corrected chi connectivity index (χ4v) is 5.54. The zero-order valence-corrected chi connectivity index (χ0v) is 20.3. The number of piperidine rings is 1. The highest BCUT2D eigenvalue weighted by Crippen LogP contribution is 2.41. The quantitative estimate of drug-likeness (QED) is 0.461. The van der Waals surface area contributed by atoms with Crippen LogP contribution in [0.3, 0.4) is 0 Å². The second-order valence-corrected chi connectivity index (χ2v) is 10.0. The summed E-state index contributed by atoms with van der Waals surface area (Å²) in [6, 6.07) is 7.11. The fourth-order valence-electron chi connectivity index (χ4n) is 4.85. The van der Waals surface area contributed by atoms with Crippen molar-refractivity contribution in [3.63, 3.8) is 0 Å². The number of amides is 4. The van der Waals surface area contributed by atoms with Gasteiger partial charge >= 0.3 is 6.03 Å². The number of nitrogens with zero attached hydrogens (tertiary/aromatic N) is 3. The van der Waals surface area contributed by atoms with Crippen LogP contribution in [0.1, 0.15) is 43.6 Å². The summed E-state index contributed by atoms with van der Waals surface area (Å²) >= 11 is 1.60. The van der Waals surface area contributed by atoms with Gasteiger partial charge in [-0.05, 0) is 49.1 Å². The molecule has 2 aliphatic heterocycles. The fraction of sp³-hybridized carbons (Fsp3) is 0.480. The zero-order valence-electron chi connectivity index (χ0n) is 19.5. The Morgan fingerprint density at radius 3 is 2.62 bits per heavy atom. The van der Waals surface area contributed by atoms with Gasteiger partial charge in [-0.2, -0.15) is 0 Å². The third-order valence-electron chi connectivity index (χ3n) is 7.08. The predicted molar refractivity (Wildman–Crippen MR) is 128 cm³/mol. The van der Waals surface area contributed by atoms with Gasteiger partial charge in [0.1, 0.15) is 0 Å². The maximum absolute atomic E-state index is 13.8. The molecule has 9 heteroatoms. The number of aromatic nitrogens is 1. The molecule has 2 aromatic rings. The number of nitrogens with one attached hydrogen (secondary N) is 1. The van der Waals surface area contributed by atoms with Crippen molar-refractivity contribution in [2.24, 2.45) is 11.8 Å². The first-order chi connectivity index (χ1) is 16.4. The van der Waals surface area contributed by atoms with Crippen molar-refractivity contribution >= 4 is 35.0 Å². The van der Waals surface area contributed by atoms with Crippen molar-refractivity contribution in [1.29, 1.82) is 0 Å². The molecule has 2 aliphatic rings. The maximum atomic E-state index is 13.8.